The Morgan fingerprint density at radius 2 is 2.25 bits per heavy atom. The van der Waals surface area contributed by atoms with E-state index in [1.54, 1.807) is 6.07 Å². The topological polar surface area (TPSA) is 12.0 Å². The maximum atomic E-state index is 13.3. The molecule has 2 rings (SSSR count). The lowest BCUT2D eigenvalue weighted by Crippen LogP contribution is -2.41. The molecule has 0 saturated carbocycles. The summed E-state index contributed by atoms with van der Waals surface area (Å²) < 4.78 is 14.1. The van der Waals surface area contributed by atoms with E-state index >= 15 is 0 Å². The second-order valence-corrected chi connectivity index (χ2v) is 5.53. The molecule has 1 atom stereocenters. The Hall–Kier alpha value is -0.410. The predicted molar refractivity (Wildman–Crippen MR) is 68.1 cm³/mol. The van der Waals surface area contributed by atoms with Gasteiger partial charge in [0.15, 0.2) is 0 Å². The molecule has 0 spiro atoms. The van der Waals surface area contributed by atoms with Crippen LogP contribution in [0.4, 0.5) is 4.39 Å². The number of nitrogens with one attached hydrogen (secondary N) is 1. The third-order valence-corrected chi connectivity index (χ3v) is 3.93. The third kappa shape index (κ3) is 2.64. The molecule has 0 aliphatic carbocycles. The molecule has 1 nitrogen and oxygen atoms in total. The van der Waals surface area contributed by atoms with Crippen LogP contribution in [0.5, 0.6) is 0 Å². The molecule has 1 unspecified atom stereocenters. The van der Waals surface area contributed by atoms with Crippen molar-refractivity contribution in [1.82, 2.24) is 5.32 Å². The summed E-state index contributed by atoms with van der Waals surface area (Å²) in [5.74, 6) is -0.159. The molecule has 0 bridgehead atoms. The van der Waals surface area contributed by atoms with Crippen LogP contribution in [0.2, 0.25) is 0 Å². The van der Waals surface area contributed by atoms with Gasteiger partial charge >= 0.3 is 0 Å². The van der Waals surface area contributed by atoms with Gasteiger partial charge in [0.2, 0.25) is 0 Å². The minimum Gasteiger partial charge on any atom is -0.311 e. The van der Waals surface area contributed by atoms with E-state index in [0.29, 0.717) is 0 Å². The summed E-state index contributed by atoms with van der Waals surface area (Å²) in [5, 5.41) is 3.57. The summed E-state index contributed by atoms with van der Waals surface area (Å²) in [6, 6.07) is 5.16. The first-order valence-electron chi connectivity index (χ1n) is 5.83. The first-order chi connectivity index (χ1) is 7.63. The van der Waals surface area contributed by atoms with E-state index in [0.717, 1.165) is 29.4 Å². The first-order valence-corrected chi connectivity index (χ1v) is 6.63. The Kier molecular flexibility index (Phi) is 3.65. The highest BCUT2D eigenvalue weighted by Crippen LogP contribution is 2.28. The van der Waals surface area contributed by atoms with Crippen molar-refractivity contribution < 1.29 is 4.39 Å². The lowest BCUT2D eigenvalue weighted by atomic mass is 9.87. The van der Waals surface area contributed by atoms with Crippen LogP contribution in [0.3, 0.4) is 0 Å². The smallest absolute Gasteiger partial charge is 0.124 e. The maximum absolute atomic E-state index is 13.3. The number of halogens is 2. The molecule has 1 heterocycles. The van der Waals surface area contributed by atoms with E-state index in [9.17, 15) is 4.39 Å². The minimum absolute atomic E-state index is 0.159. The molecule has 3 heteroatoms. The monoisotopic (exact) mass is 285 g/mol. The number of hydrogen-bond acceptors (Lipinski definition) is 1. The van der Waals surface area contributed by atoms with Gasteiger partial charge in [-0.2, -0.15) is 0 Å². The highest BCUT2D eigenvalue weighted by molar-refractivity contribution is 9.10. The highest BCUT2D eigenvalue weighted by Gasteiger charge is 2.31. The average Bonchev–Trinajstić information content (AvgIpc) is 2.65. The molecule has 1 fully saturated rings. The summed E-state index contributed by atoms with van der Waals surface area (Å²) in [6.45, 7) is 3.29. The van der Waals surface area contributed by atoms with Gasteiger partial charge < -0.3 is 5.32 Å². The van der Waals surface area contributed by atoms with Gasteiger partial charge in [-0.1, -0.05) is 22.9 Å². The van der Waals surface area contributed by atoms with E-state index in [-0.39, 0.29) is 11.4 Å². The highest BCUT2D eigenvalue weighted by atomic mass is 79.9. The Balaban J connectivity index is 2.18. The second-order valence-electron chi connectivity index (χ2n) is 4.62. The van der Waals surface area contributed by atoms with Crippen LogP contribution in [0, 0.1) is 5.82 Å². The maximum Gasteiger partial charge on any atom is 0.124 e. The van der Waals surface area contributed by atoms with Gasteiger partial charge in [-0.25, -0.2) is 4.39 Å². The quantitative estimate of drug-likeness (QED) is 0.894. The van der Waals surface area contributed by atoms with Crippen LogP contribution >= 0.6 is 15.9 Å². The minimum atomic E-state index is -0.159. The van der Waals surface area contributed by atoms with E-state index < -0.39 is 0 Å². The normalized spacial score (nSPS) is 24.9. The van der Waals surface area contributed by atoms with Gasteiger partial charge in [0.25, 0.3) is 0 Å². The predicted octanol–water partition coefficient (Wildman–Crippen LogP) is 3.66. The molecule has 1 aromatic carbocycles. The Morgan fingerprint density at radius 3 is 2.81 bits per heavy atom. The van der Waals surface area contributed by atoms with Gasteiger partial charge in [0.1, 0.15) is 5.82 Å². The van der Waals surface area contributed by atoms with Crippen molar-refractivity contribution in [1.29, 1.82) is 0 Å². The van der Waals surface area contributed by atoms with Crippen LogP contribution in [0.25, 0.3) is 0 Å². The molecule has 1 saturated heterocycles. The first kappa shape index (κ1) is 12.1. The van der Waals surface area contributed by atoms with Gasteiger partial charge in [-0.15, -0.1) is 0 Å². The van der Waals surface area contributed by atoms with E-state index in [1.807, 2.05) is 6.07 Å². The fourth-order valence-corrected chi connectivity index (χ4v) is 3.06. The summed E-state index contributed by atoms with van der Waals surface area (Å²) in [7, 11) is 0. The molecule has 1 aliphatic heterocycles. The van der Waals surface area contributed by atoms with Gasteiger partial charge in [-0.3, -0.25) is 0 Å². The fourth-order valence-electron chi connectivity index (χ4n) is 2.55. The van der Waals surface area contributed by atoms with Crippen molar-refractivity contribution in [2.75, 3.05) is 6.54 Å². The van der Waals surface area contributed by atoms with Gasteiger partial charge in [0.05, 0.1) is 0 Å². The molecule has 1 aromatic rings. The lowest BCUT2D eigenvalue weighted by Gasteiger charge is -2.28. The Labute approximate surface area is 105 Å². The summed E-state index contributed by atoms with van der Waals surface area (Å²) in [6.07, 6.45) is 4.43. The van der Waals surface area contributed by atoms with Crippen molar-refractivity contribution in [3.63, 3.8) is 0 Å². The van der Waals surface area contributed by atoms with Crippen LogP contribution in [0.15, 0.2) is 22.7 Å². The molecule has 88 valence electrons. The van der Waals surface area contributed by atoms with Crippen molar-refractivity contribution in [2.45, 2.75) is 38.1 Å². The van der Waals surface area contributed by atoms with E-state index in [4.69, 9.17) is 0 Å². The van der Waals surface area contributed by atoms with Gasteiger partial charge in [-0.05, 0) is 56.0 Å². The van der Waals surface area contributed by atoms with E-state index in [2.05, 4.69) is 28.2 Å². The molecule has 0 amide bonds. The Morgan fingerprint density at radius 1 is 1.44 bits per heavy atom. The van der Waals surface area contributed by atoms with Crippen LogP contribution < -0.4 is 5.32 Å². The van der Waals surface area contributed by atoms with Crippen molar-refractivity contribution in [2.24, 2.45) is 0 Å². The zero-order valence-corrected chi connectivity index (χ0v) is 11.1. The summed E-state index contributed by atoms with van der Waals surface area (Å²) in [4.78, 5) is 0. The molecule has 1 N–H and O–H groups in total. The zero-order valence-electron chi connectivity index (χ0n) is 9.52. The van der Waals surface area contributed by atoms with Crippen LogP contribution in [0.1, 0.15) is 31.7 Å². The van der Waals surface area contributed by atoms with Crippen LogP contribution in [-0.4, -0.2) is 12.1 Å². The van der Waals surface area contributed by atoms with Gasteiger partial charge in [0, 0.05) is 10.0 Å². The molecule has 1 aliphatic rings. The number of rotatable bonds is 3. The lowest BCUT2D eigenvalue weighted by molar-refractivity contribution is 0.359. The second kappa shape index (κ2) is 4.84. The standard InChI is InChI=1S/C13H17BrFN/c1-2-13(4-3-5-16-13)9-10-6-11(14)8-12(15)7-10/h6-8,16H,2-5,9H2,1H3. The molecular weight excluding hydrogens is 269 g/mol. The number of hydrogen-bond donors (Lipinski definition) is 1. The van der Waals surface area contributed by atoms with Crippen molar-refractivity contribution in [3.8, 4) is 0 Å². The number of benzene rings is 1. The Bertz CT molecular complexity index is 352. The molecule has 16 heavy (non-hydrogen) atoms. The third-order valence-electron chi connectivity index (χ3n) is 3.47. The van der Waals surface area contributed by atoms with E-state index in [1.165, 1.54) is 18.9 Å². The SMILES string of the molecule is CCC1(Cc2cc(F)cc(Br)c2)CCCN1. The molecular formula is C13H17BrFN. The summed E-state index contributed by atoms with van der Waals surface area (Å²) in [5.41, 5.74) is 1.26. The van der Waals surface area contributed by atoms with Crippen LogP contribution in [-0.2, 0) is 6.42 Å². The summed E-state index contributed by atoms with van der Waals surface area (Å²) >= 11 is 3.34. The molecule has 0 radical (unpaired) electrons. The average molecular weight is 286 g/mol. The fraction of sp³-hybridized carbons (Fsp3) is 0.538. The van der Waals surface area contributed by atoms with Crippen molar-refractivity contribution >= 4 is 15.9 Å². The van der Waals surface area contributed by atoms with Crippen molar-refractivity contribution in [3.05, 3.63) is 34.1 Å². The largest absolute Gasteiger partial charge is 0.311 e. The molecule has 0 aromatic heterocycles. The zero-order chi connectivity index (χ0) is 11.6.